The molecule has 4 aromatic carbocycles. The summed E-state index contributed by atoms with van der Waals surface area (Å²) in [6.45, 7) is 1.47. The summed E-state index contributed by atoms with van der Waals surface area (Å²) in [5, 5.41) is 3.54. The Morgan fingerprint density at radius 3 is 2.49 bits per heavy atom. The number of ether oxygens (including phenoxy) is 2. The Labute approximate surface area is 231 Å². The predicted octanol–water partition coefficient (Wildman–Crippen LogP) is 7.34. The van der Waals surface area contributed by atoms with Gasteiger partial charge in [-0.1, -0.05) is 72.8 Å². The van der Waals surface area contributed by atoms with Crippen molar-refractivity contribution in [2.75, 3.05) is 27.4 Å². The van der Waals surface area contributed by atoms with Crippen molar-refractivity contribution in [2.24, 2.45) is 0 Å². The lowest BCUT2D eigenvalue weighted by molar-refractivity contribution is -0.145. The van der Waals surface area contributed by atoms with Crippen molar-refractivity contribution in [3.8, 4) is 5.88 Å². The molecule has 1 saturated heterocycles. The molecule has 1 aliphatic heterocycles. The Bertz CT molecular complexity index is 1560. The third-order valence-corrected chi connectivity index (χ3v) is 8.20. The minimum absolute atomic E-state index is 0.127. The van der Waals surface area contributed by atoms with Crippen molar-refractivity contribution in [3.63, 3.8) is 0 Å². The van der Waals surface area contributed by atoms with Gasteiger partial charge in [0.15, 0.2) is 0 Å². The molecule has 5 heteroatoms. The first-order chi connectivity index (χ1) is 18.1. The average Bonchev–Trinajstić information content (AvgIpc) is 2.94. The fourth-order valence-corrected chi connectivity index (χ4v) is 6.29. The van der Waals surface area contributed by atoms with Crippen LogP contribution in [0.4, 0.5) is 0 Å². The molecule has 0 amide bonds. The van der Waals surface area contributed by atoms with E-state index in [1.807, 2.05) is 0 Å². The first-order valence-electron chi connectivity index (χ1n) is 12.6. The van der Waals surface area contributed by atoms with Gasteiger partial charge in [0.05, 0.1) is 12.6 Å². The highest BCUT2D eigenvalue weighted by Gasteiger charge is 2.47. The number of hydrogen-bond donors (Lipinski definition) is 0. The molecule has 2 heterocycles. The number of halogens is 1. The van der Waals surface area contributed by atoms with Crippen LogP contribution in [0.1, 0.15) is 29.0 Å². The van der Waals surface area contributed by atoms with Crippen molar-refractivity contribution in [3.05, 3.63) is 117 Å². The molecule has 2 unspecified atom stereocenters. The van der Waals surface area contributed by atoms with Gasteiger partial charge in [-0.05, 0) is 82.2 Å². The molecule has 2 atom stereocenters. The Morgan fingerprint density at radius 2 is 1.70 bits per heavy atom. The van der Waals surface area contributed by atoms with Crippen LogP contribution in [-0.4, -0.2) is 37.3 Å². The van der Waals surface area contributed by atoms with Crippen LogP contribution >= 0.6 is 22.6 Å². The molecule has 1 aromatic heterocycles. The van der Waals surface area contributed by atoms with Crippen LogP contribution in [0.15, 0.2) is 97.1 Å². The largest absolute Gasteiger partial charge is 0.481 e. The monoisotopic (exact) mass is 600 g/mol. The van der Waals surface area contributed by atoms with E-state index >= 15 is 0 Å². The lowest BCUT2D eigenvalue weighted by atomic mass is 9.70. The maximum absolute atomic E-state index is 7.02. The summed E-state index contributed by atoms with van der Waals surface area (Å²) in [4.78, 5) is 7.23. The fourth-order valence-electron chi connectivity index (χ4n) is 5.77. The Hall–Kier alpha value is -3.00. The first kappa shape index (κ1) is 24.3. The summed E-state index contributed by atoms with van der Waals surface area (Å²) in [6.07, 6.45) is 0.838. The van der Waals surface area contributed by atoms with Gasteiger partial charge in [0.2, 0.25) is 5.88 Å². The summed E-state index contributed by atoms with van der Waals surface area (Å²) in [5.41, 5.74) is 3.75. The van der Waals surface area contributed by atoms with E-state index in [9.17, 15) is 0 Å². The molecule has 6 rings (SSSR count). The number of nitrogens with zero attached hydrogens (tertiary/aromatic N) is 2. The van der Waals surface area contributed by atoms with E-state index in [-0.39, 0.29) is 5.92 Å². The molecule has 186 valence electrons. The maximum Gasteiger partial charge on any atom is 0.217 e. The second-order valence-electron chi connectivity index (χ2n) is 9.79. The van der Waals surface area contributed by atoms with Crippen LogP contribution < -0.4 is 4.74 Å². The van der Waals surface area contributed by atoms with Crippen molar-refractivity contribution in [1.29, 1.82) is 0 Å². The topological polar surface area (TPSA) is 34.6 Å². The van der Waals surface area contributed by atoms with Crippen LogP contribution in [0.25, 0.3) is 21.7 Å². The van der Waals surface area contributed by atoms with Gasteiger partial charge in [0.1, 0.15) is 12.3 Å². The van der Waals surface area contributed by atoms with Crippen LogP contribution in [0, 0.1) is 3.57 Å². The van der Waals surface area contributed by atoms with E-state index in [4.69, 9.17) is 14.5 Å². The fraction of sp³-hybridized carbons (Fsp3) is 0.219. The first-order valence-corrected chi connectivity index (χ1v) is 13.7. The third-order valence-electron chi connectivity index (χ3n) is 7.53. The normalized spacial score (nSPS) is 19.2. The Kier molecular flexibility index (Phi) is 6.61. The molecular formula is C32H29IN2O2. The zero-order chi connectivity index (χ0) is 25.4. The lowest BCUT2D eigenvalue weighted by Crippen LogP contribution is -2.47. The minimum Gasteiger partial charge on any atom is -0.481 e. The van der Waals surface area contributed by atoms with Gasteiger partial charge in [-0.15, -0.1) is 0 Å². The molecule has 0 saturated carbocycles. The van der Waals surface area contributed by atoms with Crippen LogP contribution in [0.2, 0.25) is 0 Å². The van der Waals surface area contributed by atoms with Crippen molar-refractivity contribution in [2.45, 2.75) is 17.9 Å². The average molecular weight is 600 g/mol. The standard InChI is InChI=1S/C32H29IN2O2/c1-35-18-17-32(37-21-35,28-14-8-12-22-9-6-7-13-26(22)28)30(23-10-4-3-5-11-23)27-20-24-19-25(33)15-16-29(24)34-31(27)36-2/h3-16,19-20,30H,17-18,21H2,1-2H3. The summed E-state index contributed by atoms with van der Waals surface area (Å²) in [6, 6.07) is 34.5. The number of methoxy groups -OCH3 is 1. The Balaban J connectivity index is 1.68. The van der Waals surface area contributed by atoms with Gasteiger partial charge < -0.3 is 9.47 Å². The molecule has 0 N–H and O–H groups in total. The number of fused-ring (bicyclic) bond motifs is 2. The third kappa shape index (κ3) is 4.39. The second-order valence-corrected chi connectivity index (χ2v) is 11.0. The van der Waals surface area contributed by atoms with Crippen LogP contribution in [-0.2, 0) is 10.3 Å². The molecular weight excluding hydrogens is 571 g/mol. The summed E-state index contributed by atoms with van der Waals surface area (Å²) in [7, 11) is 3.83. The maximum atomic E-state index is 7.02. The molecule has 5 aromatic rings. The van der Waals surface area contributed by atoms with Crippen molar-refractivity contribution < 1.29 is 9.47 Å². The van der Waals surface area contributed by atoms with Gasteiger partial charge >= 0.3 is 0 Å². The smallest absolute Gasteiger partial charge is 0.217 e. The quantitative estimate of drug-likeness (QED) is 0.198. The number of rotatable bonds is 5. The zero-order valence-electron chi connectivity index (χ0n) is 21.0. The van der Waals surface area contributed by atoms with Crippen LogP contribution in [0.3, 0.4) is 0 Å². The molecule has 0 aliphatic carbocycles. The molecule has 37 heavy (non-hydrogen) atoms. The lowest BCUT2D eigenvalue weighted by Gasteiger charge is -2.47. The molecule has 1 fully saturated rings. The summed E-state index contributed by atoms with van der Waals surface area (Å²) < 4.78 is 14.2. The van der Waals surface area contributed by atoms with Gasteiger partial charge in [-0.2, -0.15) is 0 Å². The van der Waals surface area contributed by atoms with E-state index in [0.29, 0.717) is 12.6 Å². The van der Waals surface area contributed by atoms with Gasteiger partial charge in [0.25, 0.3) is 0 Å². The Morgan fingerprint density at radius 1 is 0.919 bits per heavy atom. The van der Waals surface area contributed by atoms with Crippen molar-refractivity contribution in [1.82, 2.24) is 9.88 Å². The van der Waals surface area contributed by atoms with E-state index in [2.05, 4.69) is 132 Å². The predicted molar refractivity (Wildman–Crippen MR) is 158 cm³/mol. The minimum atomic E-state index is -0.612. The SMILES string of the molecule is COc1nc2ccc(I)cc2cc1C(c1ccccc1)C1(c2cccc3ccccc23)CCN(C)CO1. The molecule has 4 nitrogen and oxygen atoms in total. The molecule has 1 aliphatic rings. The van der Waals surface area contributed by atoms with Gasteiger partial charge in [-0.3, -0.25) is 4.90 Å². The van der Waals surface area contributed by atoms with E-state index in [1.165, 1.54) is 25.5 Å². The van der Waals surface area contributed by atoms with Crippen LogP contribution in [0.5, 0.6) is 5.88 Å². The van der Waals surface area contributed by atoms with Crippen molar-refractivity contribution >= 4 is 44.3 Å². The highest BCUT2D eigenvalue weighted by Crippen LogP contribution is 2.52. The van der Waals surface area contributed by atoms with E-state index in [0.717, 1.165) is 29.4 Å². The number of pyridine rings is 1. The van der Waals surface area contributed by atoms with Gasteiger partial charge in [0, 0.05) is 27.0 Å². The molecule has 0 bridgehead atoms. The zero-order valence-corrected chi connectivity index (χ0v) is 23.2. The summed E-state index contributed by atoms with van der Waals surface area (Å²) in [5.74, 6) is 0.516. The molecule has 0 radical (unpaired) electrons. The highest BCUT2D eigenvalue weighted by atomic mass is 127. The highest BCUT2D eigenvalue weighted by molar-refractivity contribution is 14.1. The van der Waals surface area contributed by atoms with E-state index < -0.39 is 5.60 Å². The summed E-state index contributed by atoms with van der Waals surface area (Å²) >= 11 is 2.36. The van der Waals surface area contributed by atoms with E-state index in [1.54, 1.807) is 7.11 Å². The second kappa shape index (κ2) is 10.0. The number of benzene rings is 4. The number of hydrogen-bond acceptors (Lipinski definition) is 4. The van der Waals surface area contributed by atoms with Gasteiger partial charge in [-0.25, -0.2) is 4.98 Å². The molecule has 0 spiro atoms. The number of aromatic nitrogens is 1.